The van der Waals surface area contributed by atoms with Gasteiger partial charge in [-0.3, -0.25) is 4.79 Å². The third-order valence-electron chi connectivity index (χ3n) is 4.42. The minimum atomic E-state index is -0.125. The van der Waals surface area contributed by atoms with E-state index in [2.05, 4.69) is 21.6 Å². The summed E-state index contributed by atoms with van der Waals surface area (Å²) in [5.41, 5.74) is 5.14. The maximum atomic E-state index is 12.3. The van der Waals surface area contributed by atoms with Crippen LogP contribution in [-0.2, 0) is 11.4 Å². The molecule has 1 heterocycles. The lowest BCUT2D eigenvalue weighted by Crippen LogP contribution is -2.18. The van der Waals surface area contributed by atoms with Gasteiger partial charge in [-0.25, -0.2) is 4.68 Å². The van der Waals surface area contributed by atoms with Crippen molar-refractivity contribution in [2.75, 3.05) is 16.9 Å². The van der Waals surface area contributed by atoms with Crippen molar-refractivity contribution in [1.82, 2.24) is 14.9 Å². The number of hydrogen-bond acceptors (Lipinski definition) is 6. The summed E-state index contributed by atoms with van der Waals surface area (Å²) in [6, 6.07) is 11.9. The number of nitrogens with one attached hydrogen (secondary N) is 1. The molecule has 0 aliphatic heterocycles. The van der Waals surface area contributed by atoms with Gasteiger partial charge < -0.3 is 15.9 Å². The maximum absolute atomic E-state index is 12.3. The fraction of sp³-hybridized carbons (Fsp3) is 0.286. The molecule has 0 aliphatic carbocycles. The molecule has 0 atom stereocenters. The Labute approximate surface area is 174 Å². The van der Waals surface area contributed by atoms with Crippen molar-refractivity contribution in [3.8, 4) is 5.75 Å². The third kappa shape index (κ3) is 5.29. The molecule has 3 rings (SSSR count). The molecule has 1 amide bonds. The second-order valence-corrected chi connectivity index (χ2v) is 7.92. The van der Waals surface area contributed by atoms with E-state index in [1.54, 1.807) is 0 Å². The van der Waals surface area contributed by atoms with Crippen LogP contribution in [0, 0.1) is 27.7 Å². The summed E-state index contributed by atoms with van der Waals surface area (Å²) in [6.45, 7) is 8.17. The van der Waals surface area contributed by atoms with E-state index < -0.39 is 0 Å². The highest BCUT2D eigenvalue weighted by Gasteiger charge is 2.14. The number of aryl methyl sites for hydroxylation is 4. The van der Waals surface area contributed by atoms with Crippen LogP contribution in [0.4, 0.5) is 5.69 Å². The third-order valence-corrected chi connectivity index (χ3v) is 5.36. The van der Waals surface area contributed by atoms with Gasteiger partial charge in [0.2, 0.25) is 11.1 Å². The topological polar surface area (TPSA) is 95.1 Å². The highest BCUT2D eigenvalue weighted by Crippen LogP contribution is 2.21. The zero-order chi connectivity index (χ0) is 21.0. The van der Waals surface area contributed by atoms with Crippen LogP contribution < -0.4 is 15.9 Å². The minimum Gasteiger partial charge on any atom is -0.485 e. The molecule has 8 heteroatoms. The smallest absolute Gasteiger partial charge is 0.234 e. The van der Waals surface area contributed by atoms with Gasteiger partial charge in [-0.2, -0.15) is 0 Å². The van der Waals surface area contributed by atoms with Crippen LogP contribution in [0.15, 0.2) is 41.6 Å². The monoisotopic (exact) mass is 411 g/mol. The Balaban J connectivity index is 1.56. The van der Waals surface area contributed by atoms with Crippen LogP contribution in [0.2, 0.25) is 0 Å². The summed E-state index contributed by atoms with van der Waals surface area (Å²) in [5, 5.41) is 11.5. The minimum absolute atomic E-state index is 0.125. The average molecular weight is 412 g/mol. The first-order valence-electron chi connectivity index (χ1n) is 9.23. The summed E-state index contributed by atoms with van der Waals surface area (Å²) in [7, 11) is 0. The van der Waals surface area contributed by atoms with Crippen molar-refractivity contribution in [2.45, 2.75) is 39.5 Å². The van der Waals surface area contributed by atoms with Crippen LogP contribution in [0.1, 0.15) is 28.1 Å². The second kappa shape index (κ2) is 9.00. The molecule has 0 aliphatic rings. The average Bonchev–Trinajstić information content (AvgIpc) is 3.02. The summed E-state index contributed by atoms with van der Waals surface area (Å²) in [6.07, 6.45) is 0. The first-order chi connectivity index (χ1) is 13.8. The summed E-state index contributed by atoms with van der Waals surface area (Å²) in [4.78, 5) is 12.3. The molecule has 7 nitrogen and oxygen atoms in total. The molecule has 0 fully saturated rings. The van der Waals surface area contributed by atoms with Crippen LogP contribution in [0.5, 0.6) is 5.75 Å². The van der Waals surface area contributed by atoms with E-state index in [-0.39, 0.29) is 18.3 Å². The number of thioether (sulfide) groups is 1. The number of aromatic nitrogens is 3. The summed E-state index contributed by atoms with van der Waals surface area (Å²) >= 11 is 1.23. The van der Waals surface area contributed by atoms with E-state index >= 15 is 0 Å². The Hall–Kier alpha value is -3.00. The lowest BCUT2D eigenvalue weighted by molar-refractivity contribution is -0.113. The summed E-state index contributed by atoms with van der Waals surface area (Å²) in [5.74, 6) is 7.39. The van der Waals surface area contributed by atoms with Crippen molar-refractivity contribution in [1.29, 1.82) is 0 Å². The van der Waals surface area contributed by atoms with Gasteiger partial charge in [0.15, 0.2) is 5.82 Å². The molecule has 0 spiro atoms. The van der Waals surface area contributed by atoms with Gasteiger partial charge in [-0.05, 0) is 56.5 Å². The molecule has 29 heavy (non-hydrogen) atoms. The molecule has 0 bridgehead atoms. The van der Waals surface area contributed by atoms with E-state index in [1.165, 1.54) is 22.0 Å². The van der Waals surface area contributed by atoms with Gasteiger partial charge in [0.25, 0.3) is 0 Å². The second-order valence-electron chi connectivity index (χ2n) is 6.98. The number of amides is 1. The van der Waals surface area contributed by atoms with E-state index in [1.807, 2.05) is 58.0 Å². The number of benzene rings is 2. The van der Waals surface area contributed by atoms with Crippen molar-refractivity contribution in [3.05, 3.63) is 64.5 Å². The number of carbonyl (C=O) groups excluding carboxylic acids is 1. The van der Waals surface area contributed by atoms with E-state index in [0.29, 0.717) is 11.0 Å². The number of nitrogen functional groups attached to an aromatic ring is 1. The van der Waals surface area contributed by atoms with Gasteiger partial charge in [-0.1, -0.05) is 41.6 Å². The van der Waals surface area contributed by atoms with E-state index in [4.69, 9.17) is 10.6 Å². The Morgan fingerprint density at radius 3 is 2.55 bits per heavy atom. The summed E-state index contributed by atoms with van der Waals surface area (Å²) < 4.78 is 7.17. The van der Waals surface area contributed by atoms with E-state index in [9.17, 15) is 4.79 Å². The zero-order valence-corrected chi connectivity index (χ0v) is 17.8. The lowest BCUT2D eigenvalue weighted by Gasteiger charge is -2.10. The van der Waals surface area contributed by atoms with Gasteiger partial charge in [0.1, 0.15) is 12.4 Å². The molecule has 152 valence electrons. The molecule has 1 aromatic heterocycles. The molecule has 0 unspecified atom stereocenters. The van der Waals surface area contributed by atoms with Gasteiger partial charge in [0, 0.05) is 5.69 Å². The van der Waals surface area contributed by atoms with Crippen LogP contribution in [0.3, 0.4) is 0 Å². The number of ether oxygens (including phenoxy) is 1. The Bertz CT molecular complexity index is 1030. The predicted molar refractivity (Wildman–Crippen MR) is 116 cm³/mol. The highest BCUT2D eigenvalue weighted by molar-refractivity contribution is 7.99. The fourth-order valence-corrected chi connectivity index (χ4v) is 3.47. The zero-order valence-electron chi connectivity index (χ0n) is 17.0. The predicted octanol–water partition coefficient (Wildman–Crippen LogP) is 3.54. The fourth-order valence-electron chi connectivity index (χ4n) is 2.79. The van der Waals surface area contributed by atoms with Crippen molar-refractivity contribution in [2.24, 2.45) is 0 Å². The van der Waals surface area contributed by atoms with E-state index in [0.717, 1.165) is 28.1 Å². The molecule has 0 saturated heterocycles. The van der Waals surface area contributed by atoms with Gasteiger partial charge >= 0.3 is 0 Å². The normalized spacial score (nSPS) is 10.8. The van der Waals surface area contributed by atoms with Crippen molar-refractivity contribution < 1.29 is 9.53 Å². The van der Waals surface area contributed by atoms with Gasteiger partial charge in [-0.15, -0.1) is 10.2 Å². The van der Waals surface area contributed by atoms with Crippen LogP contribution in [-0.4, -0.2) is 26.5 Å². The molecule has 3 N–H and O–H groups in total. The van der Waals surface area contributed by atoms with Crippen LogP contribution >= 0.6 is 11.8 Å². The first-order valence-corrected chi connectivity index (χ1v) is 10.2. The van der Waals surface area contributed by atoms with Gasteiger partial charge in [0.05, 0.1) is 5.75 Å². The molecular weight excluding hydrogens is 386 g/mol. The number of nitrogens with zero attached hydrogens (tertiary/aromatic N) is 3. The first kappa shape index (κ1) is 20.7. The number of carbonyl (C=O) groups is 1. The quantitative estimate of drug-likeness (QED) is 0.456. The SMILES string of the molecule is Cc1ccc(OCc2nnc(SCC(=O)Nc3cc(C)ccc3C)n2N)c(C)c1. The standard InChI is InChI=1S/C21H25N5O2S/c1-13-6-8-18(16(4)9-13)28-11-19-24-25-21(26(19)22)29-12-20(27)23-17-10-14(2)5-7-15(17)3/h5-10H,11-12,22H2,1-4H3,(H,23,27). The maximum Gasteiger partial charge on any atom is 0.234 e. The largest absolute Gasteiger partial charge is 0.485 e. The Kier molecular flexibility index (Phi) is 6.43. The van der Waals surface area contributed by atoms with Crippen LogP contribution in [0.25, 0.3) is 0 Å². The number of hydrogen-bond donors (Lipinski definition) is 2. The Morgan fingerprint density at radius 1 is 1.07 bits per heavy atom. The number of nitrogens with two attached hydrogens (primary N) is 1. The molecule has 2 aromatic carbocycles. The molecule has 0 saturated carbocycles. The van der Waals surface area contributed by atoms with Crippen molar-refractivity contribution >= 4 is 23.4 Å². The lowest BCUT2D eigenvalue weighted by atomic mass is 10.1. The Morgan fingerprint density at radius 2 is 1.79 bits per heavy atom. The number of rotatable bonds is 7. The number of anilines is 1. The molecule has 0 radical (unpaired) electrons. The van der Waals surface area contributed by atoms with Crippen molar-refractivity contribution in [3.63, 3.8) is 0 Å². The highest BCUT2D eigenvalue weighted by atomic mass is 32.2. The molecular formula is C21H25N5O2S. The molecule has 3 aromatic rings.